The molecule has 0 saturated carbocycles. The van der Waals surface area contributed by atoms with Crippen LogP contribution in [0.1, 0.15) is 43.0 Å². The number of piperazine rings is 1. The minimum absolute atomic E-state index is 0.0378. The number of likely N-dealkylation sites (tertiary alicyclic amines) is 1. The monoisotopic (exact) mass is 355 g/mol. The molecule has 0 bridgehead atoms. The fourth-order valence-electron chi connectivity index (χ4n) is 4.39. The van der Waals surface area contributed by atoms with Gasteiger partial charge in [0.25, 0.3) is 0 Å². The maximum atomic E-state index is 12.4. The first-order valence-electron chi connectivity index (χ1n) is 9.52. The fraction of sp³-hybridized carbons (Fsp3) is 0.650. The molecule has 140 valence electrons. The number of anilines is 1. The summed E-state index contributed by atoms with van der Waals surface area (Å²) in [4.78, 5) is 23.7. The smallest absolute Gasteiger partial charge is 0.222 e. The molecule has 0 unspecified atom stereocenters. The molecule has 1 aromatic heterocycles. The first-order valence-corrected chi connectivity index (χ1v) is 9.52. The van der Waals surface area contributed by atoms with Crippen molar-refractivity contribution >= 4 is 11.7 Å². The maximum Gasteiger partial charge on any atom is 0.222 e. The zero-order valence-corrected chi connectivity index (χ0v) is 16.4. The van der Waals surface area contributed by atoms with Crippen molar-refractivity contribution in [2.45, 2.75) is 45.6 Å². The van der Waals surface area contributed by atoms with Crippen molar-refractivity contribution in [3.63, 3.8) is 0 Å². The van der Waals surface area contributed by atoms with E-state index in [0.29, 0.717) is 12.0 Å². The molecular formula is C20H29N5O. The summed E-state index contributed by atoms with van der Waals surface area (Å²) in [6.45, 7) is 10.2. The van der Waals surface area contributed by atoms with Gasteiger partial charge in [-0.15, -0.1) is 0 Å². The van der Waals surface area contributed by atoms with Crippen molar-refractivity contribution in [2.75, 3.05) is 44.7 Å². The van der Waals surface area contributed by atoms with E-state index in [9.17, 15) is 10.1 Å². The highest BCUT2D eigenvalue weighted by molar-refractivity contribution is 5.76. The van der Waals surface area contributed by atoms with Crippen LogP contribution in [-0.2, 0) is 4.79 Å². The lowest BCUT2D eigenvalue weighted by Crippen LogP contribution is -2.61. The normalized spacial score (nSPS) is 24.7. The van der Waals surface area contributed by atoms with Crippen LogP contribution in [0.15, 0.2) is 6.07 Å². The third-order valence-corrected chi connectivity index (χ3v) is 6.12. The number of hydrogen-bond donors (Lipinski definition) is 0. The lowest BCUT2D eigenvalue weighted by molar-refractivity contribution is -0.130. The van der Waals surface area contributed by atoms with Gasteiger partial charge in [-0.2, -0.15) is 5.26 Å². The van der Waals surface area contributed by atoms with Crippen LogP contribution < -0.4 is 4.90 Å². The second-order valence-electron chi connectivity index (χ2n) is 7.68. The molecule has 6 heteroatoms. The Balaban J connectivity index is 1.92. The Kier molecular flexibility index (Phi) is 5.19. The number of pyridine rings is 1. The van der Waals surface area contributed by atoms with Gasteiger partial charge in [-0.1, -0.05) is 0 Å². The summed E-state index contributed by atoms with van der Waals surface area (Å²) < 4.78 is 0. The predicted molar refractivity (Wildman–Crippen MR) is 102 cm³/mol. The van der Waals surface area contributed by atoms with E-state index in [4.69, 9.17) is 4.98 Å². The first-order chi connectivity index (χ1) is 12.4. The van der Waals surface area contributed by atoms with Crippen molar-refractivity contribution in [3.05, 3.63) is 22.9 Å². The van der Waals surface area contributed by atoms with E-state index in [0.717, 1.165) is 62.6 Å². The Labute approximate surface area is 156 Å². The summed E-state index contributed by atoms with van der Waals surface area (Å²) in [5.41, 5.74) is 2.56. The second kappa shape index (κ2) is 7.24. The second-order valence-corrected chi connectivity index (χ2v) is 7.68. The molecule has 2 aliphatic heterocycles. The Hall–Kier alpha value is -2.13. The largest absolute Gasteiger partial charge is 0.352 e. The number of likely N-dealkylation sites (N-methyl/N-ethyl adjacent to an activating group) is 1. The van der Waals surface area contributed by atoms with E-state index in [1.165, 1.54) is 0 Å². The minimum atomic E-state index is -0.0378. The Bertz CT molecular complexity index is 740. The number of hydrogen-bond acceptors (Lipinski definition) is 5. The van der Waals surface area contributed by atoms with Crippen LogP contribution in [0.3, 0.4) is 0 Å². The quantitative estimate of drug-likeness (QED) is 0.813. The molecule has 0 radical (unpaired) electrons. The lowest BCUT2D eigenvalue weighted by atomic mass is 9.86. The number of nitrogens with zero attached hydrogens (tertiary/aromatic N) is 5. The van der Waals surface area contributed by atoms with Gasteiger partial charge in [0.05, 0.1) is 5.56 Å². The fourth-order valence-corrected chi connectivity index (χ4v) is 4.39. The van der Waals surface area contributed by atoms with Gasteiger partial charge in [0.15, 0.2) is 0 Å². The summed E-state index contributed by atoms with van der Waals surface area (Å²) in [7, 11) is 2.17. The van der Waals surface area contributed by atoms with Gasteiger partial charge in [0, 0.05) is 50.4 Å². The third kappa shape index (κ3) is 3.28. The molecule has 26 heavy (non-hydrogen) atoms. The molecule has 2 saturated heterocycles. The van der Waals surface area contributed by atoms with Crippen LogP contribution >= 0.6 is 0 Å². The number of aromatic nitrogens is 1. The molecule has 0 N–H and O–H groups in total. The highest BCUT2D eigenvalue weighted by atomic mass is 16.2. The van der Waals surface area contributed by atoms with E-state index in [1.807, 2.05) is 31.7 Å². The van der Waals surface area contributed by atoms with Crippen molar-refractivity contribution in [1.82, 2.24) is 14.8 Å². The molecule has 3 rings (SSSR count). The minimum Gasteiger partial charge on any atom is -0.352 e. The van der Waals surface area contributed by atoms with Gasteiger partial charge in [-0.25, -0.2) is 4.98 Å². The number of amides is 1. The number of aryl methyl sites for hydroxylation is 2. The van der Waals surface area contributed by atoms with Crippen LogP contribution in [0.2, 0.25) is 0 Å². The summed E-state index contributed by atoms with van der Waals surface area (Å²) >= 11 is 0. The molecule has 1 amide bonds. The SMILES string of the molecule is CCN1CC[C@@]2(CCC1=O)CN(c1nc(C)cc(C)c1C#N)CCN2C. The molecule has 3 heterocycles. The topological polar surface area (TPSA) is 63.5 Å². The van der Waals surface area contributed by atoms with E-state index in [1.54, 1.807) is 0 Å². The van der Waals surface area contributed by atoms with Crippen LogP contribution in [0.25, 0.3) is 0 Å². The van der Waals surface area contributed by atoms with Gasteiger partial charge in [0.2, 0.25) is 5.91 Å². The maximum absolute atomic E-state index is 12.4. The molecule has 0 aromatic carbocycles. The summed E-state index contributed by atoms with van der Waals surface area (Å²) in [6, 6.07) is 4.32. The lowest BCUT2D eigenvalue weighted by Gasteiger charge is -2.49. The van der Waals surface area contributed by atoms with Crippen LogP contribution in [0, 0.1) is 25.2 Å². The number of nitriles is 1. The van der Waals surface area contributed by atoms with Crippen LogP contribution in [-0.4, -0.2) is 66.0 Å². The molecule has 0 aliphatic carbocycles. The van der Waals surface area contributed by atoms with Gasteiger partial charge < -0.3 is 9.80 Å². The number of rotatable bonds is 2. The molecule has 1 aromatic rings. The van der Waals surface area contributed by atoms with E-state index in [2.05, 4.69) is 22.9 Å². The van der Waals surface area contributed by atoms with E-state index >= 15 is 0 Å². The molecule has 2 aliphatic rings. The third-order valence-electron chi connectivity index (χ3n) is 6.12. The molecule has 1 spiro atoms. The van der Waals surface area contributed by atoms with Crippen molar-refractivity contribution in [1.29, 1.82) is 5.26 Å². The van der Waals surface area contributed by atoms with Crippen molar-refractivity contribution in [2.24, 2.45) is 0 Å². The molecule has 6 nitrogen and oxygen atoms in total. The van der Waals surface area contributed by atoms with Gasteiger partial charge in [-0.3, -0.25) is 9.69 Å². The average molecular weight is 355 g/mol. The van der Waals surface area contributed by atoms with Gasteiger partial charge >= 0.3 is 0 Å². The number of carbonyl (C=O) groups is 1. The molecule has 2 fully saturated rings. The van der Waals surface area contributed by atoms with E-state index in [-0.39, 0.29) is 11.4 Å². The zero-order chi connectivity index (χ0) is 18.9. The van der Waals surface area contributed by atoms with Crippen molar-refractivity contribution < 1.29 is 4.79 Å². The highest BCUT2D eigenvalue weighted by Gasteiger charge is 2.42. The summed E-state index contributed by atoms with van der Waals surface area (Å²) in [5.74, 6) is 1.07. The summed E-state index contributed by atoms with van der Waals surface area (Å²) in [5, 5.41) is 9.64. The van der Waals surface area contributed by atoms with Gasteiger partial charge in [0.1, 0.15) is 11.9 Å². The van der Waals surface area contributed by atoms with Crippen LogP contribution in [0.4, 0.5) is 5.82 Å². The molecular weight excluding hydrogens is 326 g/mol. The van der Waals surface area contributed by atoms with Crippen molar-refractivity contribution in [3.8, 4) is 6.07 Å². The van der Waals surface area contributed by atoms with E-state index < -0.39 is 0 Å². The Morgan fingerprint density at radius 2 is 2.04 bits per heavy atom. The Morgan fingerprint density at radius 3 is 2.73 bits per heavy atom. The highest BCUT2D eigenvalue weighted by Crippen LogP contribution is 2.34. The summed E-state index contributed by atoms with van der Waals surface area (Å²) in [6.07, 6.45) is 2.42. The average Bonchev–Trinajstić information content (AvgIpc) is 2.77. The molecule has 1 atom stereocenters. The standard InChI is InChI=1S/C20H29N5O/c1-5-24-9-8-20(7-6-18(24)26)14-25(11-10-23(20)4)19-17(13-21)15(2)12-16(3)22-19/h12H,5-11,14H2,1-4H3/t20-/m0/s1. The first kappa shape index (κ1) is 18.7. The number of carbonyl (C=O) groups excluding carboxylic acids is 1. The van der Waals surface area contributed by atoms with Crippen LogP contribution in [0.5, 0.6) is 0 Å². The zero-order valence-electron chi connectivity index (χ0n) is 16.4. The Morgan fingerprint density at radius 1 is 1.27 bits per heavy atom. The van der Waals surface area contributed by atoms with Gasteiger partial charge in [-0.05, 0) is 52.3 Å². The predicted octanol–water partition coefficient (Wildman–Crippen LogP) is 2.09.